The zero-order valence-electron chi connectivity index (χ0n) is 20.0. The van der Waals surface area contributed by atoms with E-state index in [0.717, 1.165) is 16.8 Å². The lowest BCUT2D eigenvalue weighted by atomic mass is 9.87. The normalized spacial score (nSPS) is 11.7. The molecule has 5 aromatic rings. The van der Waals surface area contributed by atoms with E-state index in [2.05, 4.69) is 43.2 Å². The second kappa shape index (κ2) is 8.87. The summed E-state index contributed by atoms with van der Waals surface area (Å²) in [6, 6.07) is 26.0. The zero-order valence-corrected chi connectivity index (χ0v) is 20.0. The predicted octanol–water partition coefficient (Wildman–Crippen LogP) is 6.43. The Hall–Kier alpha value is -4.19. The molecule has 0 aliphatic carbocycles. The van der Waals surface area contributed by atoms with Crippen LogP contribution in [0.3, 0.4) is 0 Å². The maximum absolute atomic E-state index is 14.0. The molecule has 0 saturated heterocycles. The number of nitrogens with one attached hydrogen (secondary N) is 2. The van der Waals surface area contributed by atoms with Crippen LogP contribution in [0.4, 0.5) is 10.1 Å². The Balaban J connectivity index is 1.56. The number of rotatable bonds is 5. The van der Waals surface area contributed by atoms with Gasteiger partial charge in [0.2, 0.25) is 0 Å². The molecule has 0 saturated carbocycles. The lowest BCUT2D eigenvalue weighted by Gasteiger charge is -2.19. The highest BCUT2D eigenvalue weighted by Crippen LogP contribution is 2.29. The van der Waals surface area contributed by atoms with Gasteiger partial charge in [0, 0.05) is 28.7 Å². The molecule has 0 spiro atoms. The van der Waals surface area contributed by atoms with Crippen molar-refractivity contribution in [2.24, 2.45) is 0 Å². The van der Waals surface area contributed by atoms with Crippen molar-refractivity contribution in [2.75, 3.05) is 5.32 Å². The van der Waals surface area contributed by atoms with E-state index in [1.807, 2.05) is 54.6 Å². The lowest BCUT2D eigenvalue weighted by molar-refractivity contribution is 0.590. The molecule has 35 heavy (non-hydrogen) atoms. The third-order valence-electron chi connectivity index (χ3n) is 6.10. The summed E-state index contributed by atoms with van der Waals surface area (Å²) in [7, 11) is 0. The Morgan fingerprint density at radius 1 is 0.943 bits per heavy atom. The minimum atomic E-state index is -0.338. The number of para-hydroxylation sites is 1. The molecule has 2 heterocycles. The van der Waals surface area contributed by atoms with Gasteiger partial charge in [-0.3, -0.25) is 4.79 Å². The van der Waals surface area contributed by atoms with Gasteiger partial charge in [-0.15, -0.1) is 0 Å². The van der Waals surface area contributed by atoms with Crippen molar-refractivity contribution in [3.05, 3.63) is 112 Å². The van der Waals surface area contributed by atoms with Gasteiger partial charge in [-0.1, -0.05) is 63.2 Å². The maximum Gasteiger partial charge on any atom is 0.254 e. The Bertz CT molecular complexity index is 1540. The molecule has 0 fully saturated rings. The van der Waals surface area contributed by atoms with Crippen molar-refractivity contribution in [3.8, 4) is 16.9 Å². The first kappa shape index (κ1) is 22.6. The quantitative estimate of drug-likeness (QED) is 0.314. The Morgan fingerprint density at radius 2 is 1.69 bits per heavy atom. The summed E-state index contributed by atoms with van der Waals surface area (Å²) in [5, 5.41) is 8.86. The third-order valence-corrected chi connectivity index (χ3v) is 6.10. The largest absolute Gasteiger partial charge is 0.381 e. The number of benzene rings is 3. The number of halogens is 1. The lowest BCUT2D eigenvalue weighted by Crippen LogP contribution is -2.16. The smallest absolute Gasteiger partial charge is 0.254 e. The van der Waals surface area contributed by atoms with Crippen molar-refractivity contribution in [1.29, 1.82) is 0 Å². The molecule has 0 aliphatic rings. The fraction of sp³-hybridized carbons (Fsp3) is 0.172. The van der Waals surface area contributed by atoms with E-state index in [9.17, 15) is 9.18 Å². The SMILES string of the molecule is CC(C)(C)c1ccc(NCc2cc3c(-c4cccc(F)c4)nn(-c4ccccc4)c3[nH]c2=O)cc1. The van der Waals surface area contributed by atoms with E-state index in [0.29, 0.717) is 29.0 Å². The highest BCUT2D eigenvalue weighted by atomic mass is 19.1. The van der Waals surface area contributed by atoms with Crippen LogP contribution >= 0.6 is 0 Å². The summed E-state index contributed by atoms with van der Waals surface area (Å²) >= 11 is 0. The number of aromatic nitrogens is 3. The van der Waals surface area contributed by atoms with E-state index in [1.54, 1.807) is 10.7 Å². The molecular formula is C29H27FN4O. The van der Waals surface area contributed by atoms with Crippen molar-refractivity contribution >= 4 is 16.7 Å². The molecule has 6 heteroatoms. The van der Waals surface area contributed by atoms with Gasteiger partial charge in [-0.25, -0.2) is 9.07 Å². The van der Waals surface area contributed by atoms with E-state index >= 15 is 0 Å². The van der Waals surface area contributed by atoms with Crippen molar-refractivity contribution < 1.29 is 4.39 Å². The Labute approximate surface area is 203 Å². The molecular weight excluding hydrogens is 439 g/mol. The van der Waals surface area contributed by atoms with Crippen LogP contribution < -0.4 is 10.9 Å². The van der Waals surface area contributed by atoms with Crippen LogP contribution in [0, 0.1) is 5.82 Å². The van der Waals surface area contributed by atoms with E-state index in [1.165, 1.54) is 17.7 Å². The number of nitrogens with zero attached hydrogens (tertiary/aromatic N) is 2. The fourth-order valence-electron chi connectivity index (χ4n) is 4.14. The first-order valence-electron chi connectivity index (χ1n) is 11.6. The van der Waals surface area contributed by atoms with Crippen LogP contribution in [0.1, 0.15) is 31.9 Å². The second-order valence-corrected chi connectivity index (χ2v) is 9.67. The summed E-state index contributed by atoms with van der Waals surface area (Å²) in [6.07, 6.45) is 0. The molecule has 0 aliphatic heterocycles. The van der Waals surface area contributed by atoms with Crippen LogP contribution in [0.25, 0.3) is 28.0 Å². The number of fused-ring (bicyclic) bond motifs is 1. The Kier molecular flexibility index (Phi) is 5.73. The molecule has 0 unspecified atom stereocenters. The highest BCUT2D eigenvalue weighted by Gasteiger charge is 2.17. The zero-order chi connectivity index (χ0) is 24.6. The molecule has 0 radical (unpaired) electrons. The van der Waals surface area contributed by atoms with Crippen LogP contribution in [-0.4, -0.2) is 14.8 Å². The summed E-state index contributed by atoms with van der Waals surface area (Å²) in [5.41, 5.74) is 5.26. The maximum atomic E-state index is 14.0. The van der Waals surface area contributed by atoms with Crippen LogP contribution in [0.5, 0.6) is 0 Å². The molecule has 0 atom stereocenters. The molecule has 5 rings (SSSR count). The van der Waals surface area contributed by atoms with Crippen molar-refractivity contribution in [3.63, 3.8) is 0 Å². The van der Waals surface area contributed by atoms with Gasteiger partial charge in [0.05, 0.1) is 5.69 Å². The number of hydrogen-bond acceptors (Lipinski definition) is 3. The van der Waals surface area contributed by atoms with E-state index in [-0.39, 0.29) is 16.8 Å². The van der Waals surface area contributed by atoms with Gasteiger partial charge in [0.1, 0.15) is 17.2 Å². The van der Waals surface area contributed by atoms with Gasteiger partial charge in [0.25, 0.3) is 5.56 Å². The monoisotopic (exact) mass is 466 g/mol. The van der Waals surface area contributed by atoms with Crippen LogP contribution in [-0.2, 0) is 12.0 Å². The van der Waals surface area contributed by atoms with Crippen molar-refractivity contribution in [1.82, 2.24) is 14.8 Å². The minimum Gasteiger partial charge on any atom is -0.381 e. The number of H-pyrrole nitrogens is 1. The first-order valence-corrected chi connectivity index (χ1v) is 11.6. The summed E-state index contributed by atoms with van der Waals surface area (Å²) in [4.78, 5) is 16.0. The predicted molar refractivity (Wildman–Crippen MR) is 140 cm³/mol. The average molecular weight is 467 g/mol. The van der Waals surface area contributed by atoms with Gasteiger partial charge >= 0.3 is 0 Å². The van der Waals surface area contributed by atoms with Crippen LogP contribution in [0.2, 0.25) is 0 Å². The minimum absolute atomic E-state index is 0.0763. The average Bonchev–Trinajstić information content (AvgIpc) is 3.21. The second-order valence-electron chi connectivity index (χ2n) is 9.67. The molecule has 2 N–H and O–H groups in total. The van der Waals surface area contributed by atoms with Gasteiger partial charge in [-0.2, -0.15) is 5.10 Å². The summed E-state index contributed by atoms with van der Waals surface area (Å²) < 4.78 is 15.7. The van der Waals surface area contributed by atoms with E-state index < -0.39 is 0 Å². The molecule has 5 nitrogen and oxygen atoms in total. The number of anilines is 1. The molecule has 0 bridgehead atoms. The van der Waals surface area contributed by atoms with Crippen LogP contribution in [0.15, 0.2) is 89.7 Å². The standard InChI is InChI=1S/C29H27FN4O/c1-29(2,3)21-12-14-23(15-13-21)31-18-20-17-25-26(19-8-7-9-22(30)16-19)33-34(27(25)32-28(20)35)24-10-5-4-6-11-24/h4-17,31H,18H2,1-3H3,(H,32,35). The number of hydrogen-bond donors (Lipinski definition) is 2. The number of aromatic amines is 1. The van der Waals surface area contributed by atoms with Gasteiger partial charge in [-0.05, 0) is 53.4 Å². The summed E-state index contributed by atoms with van der Waals surface area (Å²) in [5.74, 6) is -0.338. The van der Waals surface area contributed by atoms with Crippen molar-refractivity contribution in [2.45, 2.75) is 32.7 Å². The van der Waals surface area contributed by atoms with E-state index in [4.69, 9.17) is 5.10 Å². The Morgan fingerprint density at radius 3 is 2.37 bits per heavy atom. The summed E-state index contributed by atoms with van der Waals surface area (Å²) in [6.45, 7) is 6.88. The fourth-order valence-corrected chi connectivity index (χ4v) is 4.14. The topological polar surface area (TPSA) is 62.7 Å². The first-order chi connectivity index (χ1) is 16.8. The number of pyridine rings is 1. The third kappa shape index (κ3) is 4.60. The molecule has 176 valence electrons. The highest BCUT2D eigenvalue weighted by molar-refractivity contribution is 5.92. The van der Waals surface area contributed by atoms with Gasteiger partial charge < -0.3 is 10.3 Å². The molecule has 0 amide bonds. The van der Waals surface area contributed by atoms with Gasteiger partial charge in [0.15, 0.2) is 0 Å². The molecule has 3 aromatic carbocycles. The molecule has 2 aromatic heterocycles.